The number of rotatable bonds is 6. The molecule has 1 aromatic rings. The van der Waals surface area contributed by atoms with Gasteiger partial charge in [-0.2, -0.15) is 0 Å². The second-order valence-corrected chi connectivity index (χ2v) is 7.19. The summed E-state index contributed by atoms with van der Waals surface area (Å²) >= 11 is 0. The van der Waals surface area contributed by atoms with E-state index >= 15 is 0 Å². The lowest BCUT2D eigenvalue weighted by Crippen LogP contribution is -2.42. The highest BCUT2D eigenvalue weighted by molar-refractivity contribution is 7.88. The van der Waals surface area contributed by atoms with Crippen molar-refractivity contribution in [3.63, 3.8) is 0 Å². The molecular weight excluding hydrogens is 320 g/mol. The molecule has 0 aromatic heterocycles. The van der Waals surface area contributed by atoms with Crippen molar-refractivity contribution < 1.29 is 22.7 Å². The lowest BCUT2D eigenvalue weighted by molar-refractivity contribution is -0.135. The van der Waals surface area contributed by atoms with Crippen LogP contribution in [-0.4, -0.2) is 58.9 Å². The Balaban J connectivity index is 2.14. The van der Waals surface area contributed by atoms with Gasteiger partial charge in [0.25, 0.3) is 0 Å². The molecule has 0 radical (unpaired) electrons. The predicted molar refractivity (Wildman–Crippen MR) is 85.7 cm³/mol. The van der Waals surface area contributed by atoms with Crippen LogP contribution < -0.4 is 9.46 Å². The third-order valence-corrected chi connectivity index (χ3v) is 4.33. The fourth-order valence-corrected chi connectivity index (χ4v) is 3.17. The molecule has 1 N–H and O–H groups in total. The molecule has 1 atom stereocenters. The molecule has 0 unspecified atom stereocenters. The number of sulfonamides is 1. The summed E-state index contributed by atoms with van der Waals surface area (Å²) in [6.07, 6.45) is 1.15. The van der Waals surface area contributed by atoms with E-state index in [4.69, 9.17) is 9.47 Å². The SMILES string of the molecule is COc1ccc([C@H](CC(=O)N2CCOCC2)NS(C)(=O)=O)cc1. The molecule has 128 valence electrons. The zero-order valence-corrected chi connectivity index (χ0v) is 14.1. The number of ether oxygens (including phenoxy) is 2. The van der Waals surface area contributed by atoms with Gasteiger partial charge in [-0.15, -0.1) is 0 Å². The van der Waals surface area contributed by atoms with E-state index in [-0.39, 0.29) is 12.3 Å². The van der Waals surface area contributed by atoms with Gasteiger partial charge in [0.1, 0.15) is 5.75 Å². The van der Waals surface area contributed by atoms with Crippen molar-refractivity contribution in [1.82, 2.24) is 9.62 Å². The average molecular weight is 342 g/mol. The van der Waals surface area contributed by atoms with Crippen molar-refractivity contribution >= 4 is 15.9 Å². The van der Waals surface area contributed by atoms with Crippen molar-refractivity contribution in [2.75, 3.05) is 39.7 Å². The lowest BCUT2D eigenvalue weighted by Gasteiger charge is -2.28. The molecule has 2 rings (SSSR count). The summed E-state index contributed by atoms with van der Waals surface area (Å²) in [5.74, 6) is 0.580. The lowest BCUT2D eigenvalue weighted by atomic mass is 10.0. The van der Waals surface area contributed by atoms with Gasteiger partial charge in [0.2, 0.25) is 15.9 Å². The highest BCUT2D eigenvalue weighted by atomic mass is 32.2. The van der Waals surface area contributed by atoms with Gasteiger partial charge in [0.15, 0.2) is 0 Å². The van der Waals surface area contributed by atoms with E-state index in [0.29, 0.717) is 32.1 Å². The number of benzene rings is 1. The second-order valence-electron chi connectivity index (χ2n) is 5.41. The molecule has 1 heterocycles. The highest BCUT2D eigenvalue weighted by Crippen LogP contribution is 2.22. The monoisotopic (exact) mass is 342 g/mol. The van der Waals surface area contributed by atoms with Crippen molar-refractivity contribution in [2.45, 2.75) is 12.5 Å². The maximum atomic E-state index is 12.4. The van der Waals surface area contributed by atoms with Crippen LogP contribution in [0.3, 0.4) is 0 Å². The summed E-state index contributed by atoms with van der Waals surface area (Å²) in [6.45, 7) is 2.09. The van der Waals surface area contributed by atoms with Crippen LogP contribution in [0.4, 0.5) is 0 Å². The van der Waals surface area contributed by atoms with E-state index in [2.05, 4.69) is 4.72 Å². The molecule has 1 amide bonds. The predicted octanol–water partition coefficient (Wildman–Crippen LogP) is 0.534. The number of nitrogens with zero attached hydrogens (tertiary/aromatic N) is 1. The molecule has 0 bridgehead atoms. The van der Waals surface area contributed by atoms with Crippen molar-refractivity contribution in [3.05, 3.63) is 29.8 Å². The first-order valence-electron chi connectivity index (χ1n) is 7.36. The van der Waals surface area contributed by atoms with Gasteiger partial charge < -0.3 is 14.4 Å². The summed E-state index contributed by atoms with van der Waals surface area (Å²) in [4.78, 5) is 14.1. The quantitative estimate of drug-likeness (QED) is 0.815. The number of morpholine rings is 1. The molecule has 0 saturated carbocycles. The summed E-state index contributed by atoms with van der Waals surface area (Å²) in [5, 5.41) is 0. The molecule has 0 spiro atoms. The van der Waals surface area contributed by atoms with Crippen LogP contribution in [0.15, 0.2) is 24.3 Å². The number of carbonyl (C=O) groups excluding carboxylic acids is 1. The molecular formula is C15H22N2O5S. The Morgan fingerprint density at radius 3 is 2.43 bits per heavy atom. The third-order valence-electron chi connectivity index (χ3n) is 3.62. The number of hydrogen-bond acceptors (Lipinski definition) is 5. The van der Waals surface area contributed by atoms with Gasteiger partial charge >= 0.3 is 0 Å². The van der Waals surface area contributed by atoms with Crippen LogP contribution in [0, 0.1) is 0 Å². The van der Waals surface area contributed by atoms with Crippen molar-refractivity contribution in [2.24, 2.45) is 0 Å². The molecule has 1 aliphatic heterocycles. The number of amides is 1. The smallest absolute Gasteiger partial charge is 0.224 e. The van der Waals surface area contributed by atoms with Crippen LogP contribution in [0.25, 0.3) is 0 Å². The van der Waals surface area contributed by atoms with Crippen molar-refractivity contribution in [3.8, 4) is 5.75 Å². The Bertz CT molecular complexity index is 624. The molecule has 8 heteroatoms. The van der Waals surface area contributed by atoms with Crippen LogP contribution >= 0.6 is 0 Å². The summed E-state index contributed by atoms with van der Waals surface area (Å²) < 4.78 is 36.1. The van der Waals surface area contributed by atoms with Gasteiger partial charge in [-0.1, -0.05) is 12.1 Å². The van der Waals surface area contributed by atoms with Crippen LogP contribution in [0.2, 0.25) is 0 Å². The Kier molecular flexibility index (Phi) is 5.97. The first-order valence-corrected chi connectivity index (χ1v) is 9.25. The molecule has 1 saturated heterocycles. The van der Waals surface area contributed by atoms with Crippen LogP contribution in [0.1, 0.15) is 18.0 Å². The number of methoxy groups -OCH3 is 1. The number of carbonyl (C=O) groups is 1. The molecule has 0 aliphatic carbocycles. The minimum atomic E-state index is -3.44. The van der Waals surface area contributed by atoms with Crippen molar-refractivity contribution in [1.29, 1.82) is 0 Å². The number of nitrogens with one attached hydrogen (secondary N) is 1. The largest absolute Gasteiger partial charge is 0.497 e. The van der Waals surface area contributed by atoms with E-state index in [1.165, 1.54) is 0 Å². The topological polar surface area (TPSA) is 84.9 Å². The minimum Gasteiger partial charge on any atom is -0.497 e. The molecule has 1 aliphatic rings. The van der Waals surface area contributed by atoms with Gasteiger partial charge in [0, 0.05) is 19.5 Å². The second kappa shape index (κ2) is 7.76. The molecule has 1 aromatic carbocycles. The zero-order valence-electron chi connectivity index (χ0n) is 13.3. The van der Waals surface area contributed by atoms with Gasteiger partial charge in [-0.25, -0.2) is 13.1 Å². The van der Waals surface area contributed by atoms with Crippen LogP contribution in [-0.2, 0) is 19.6 Å². The highest BCUT2D eigenvalue weighted by Gasteiger charge is 2.24. The zero-order chi connectivity index (χ0) is 16.9. The third kappa shape index (κ3) is 5.49. The fraction of sp³-hybridized carbons (Fsp3) is 0.533. The van der Waals surface area contributed by atoms with E-state index in [0.717, 1.165) is 11.8 Å². The molecule has 1 fully saturated rings. The summed E-state index contributed by atoms with van der Waals surface area (Å²) in [6, 6.07) is 6.39. The van der Waals surface area contributed by atoms with Gasteiger partial charge in [-0.05, 0) is 17.7 Å². The Hall–Kier alpha value is -1.64. The minimum absolute atomic E-state index is 0.0688. The number of hydrogen-bond donors (Lipinski definition) is 1. The Morgan fingerprint density at radius 1 is 1.30 bits per heavy atom. The first kappa shape index (κ1) is 17.7. The van der Waals surface area contributed by atoms with E-state index in [1.54, 1.807) is 36.3 Å². The first-order chi connectivity index (χ1) is 10.9. The maximum absolute atomic E-state index is 12.4. The normalized spacial score (nSPS) is 16.9. The average Bonchev–Trinajstić information content (AvgIpc) is 2.54. The molecule has 7 nitrogen and oxygen atoms in total. The van der Waals surface area contributed by atoms with Crippen LogP contribution in [0.5, 0.6) is 5.75 Å². The summed E-state index contributed by atoms with van der Waals surface area (Å²) in [7, 11) is -1.88. The Morgan fingerprint density at radius 2 is 1.91 bits per heavy atom. The maximum Gasteiger partial charge on any atom is 0.224 e. The van der Waals surface area contributed by atoms with E-state index < -0.39 is 16.1 Å². The fourth-order valence-electron chi connectivity index (χ4n) is 2.44. The Labute approximate surface area is 136 Å². The van der Waals surface area contributed by atoms with Gasteiger partial charge in [0.05, 0.1) is 32.6 Å². The summed E-state index contributed by atoms with van der Waals surface area (Å²) in [5.41, 5.74) is 0.720. The van der Waals surface area contributed by atoms with E-state index in [9.17, 15) is 13.2 Å². The van der Waals surface area contributed by atoms with Gasteiger partial charge in [-0.3, -0.25) is 4.79 Å². The molecule has 23 heavy (non-hydrogen) atoms. The standard InChI is InChI=1S/C15H22N2O5S/c1-21-13-5-3-12(4-6-13)14(16-23(2,19)20)11-15(18)17-7-9-22-10-8-17/h3-6,14,16H,7-11H2,1-2H3/t14-/m0/s1. The van der Waals surface area contributed by atoms with E-state index in [1.807, 2.05) is 0 Å².